The van der Waals surface area contributed by atoms with Crippen molar-refractivity contribution in [3.8, 4) is 0 Å². The summed E-state index contributed by atoms with van der Waals surface area (Å²) in [5.74, 6) is 0.383. The van der Waals surface area contributed by atoms with Crippen LogP contribution >= 0.6 is 0 Å². The van der Waals surface area contributed by atoms with Crippen LogP contribution in [0.1, 0.15) is 25.7 Å². The van der Waals surface area contributed by atoms with E-state index in [-0.39, 0.29) is 11.6 Å². The highest BCUT2D eigenvalue weighted by Gasteiger charge is 2.64. The lowest BCUT2D eigenvalue weighted by Crippen LogP contribution is -2.39. The SMILES string of the molecule is C1COC2(CC[C@@H]3[C@H]2CCC32OCCO2)O1. The van der Waals surface area contributed by atoms with Gasteiger partial charge in [-0.2, -0.15) is 0 Å². The number of ether oxygens (including phenoxy) is 4. The van der Waals surface area contributed by atoms with Gasteiger partial charge in [-0.15, -0.1) is 0 Å². The number of hydrogen-bond acceptors (Lipinski definition) is 4. The Balaban J connectivity index is 1.64. The minimum absolute atomic E-state index is 0.288. The third-order valence-corrected chi connectivity index (χ3v) is 4.78. The fourth-order valence-electron chi connectivity index (χ4n) is 4.20. The van der Waals surface area contributed by atoms with E-state index >= 15 is 0 Å². The van der Waals surface area contributed by atoms with Crippen LogP contribution in [0, 0.1) is 11.8 Å². The largest absolute Gasteiger partial charge is 0.347 e. The fraction of sp³-hybridized carbons (Fsp3) is 1.00. The van der Waals surface area contributed by atoms with Gasteiger partial charge in [-0.05, 0) is 12.8 Å². The molecule has 4 fully saturated rings. The van der Waals surface area contributed by atoms with Gasteiger partial charge in [0.05, 0.1) is 26.4 Å². The maximum Gasteiger partial charge on any atom is 0.171 e. The van der Waals surface area contributed by atoms with E-state index in [2.05, 4.69) is 0 Å². The molecule has 16 heavy (non-hydrogen) atoms. The van der Waals surface area contributed by atoms with E-state index in [0.717, 1.165) is 52.1 Å². The van der Waals surface area contributed by atoms with E-state index in [9.17, 15) is 0 Å². The van der Waals surface area contributed by atoms with Gasteiger partial charge in [-0.3, -0.25) is 0 Å². The van der Waals surface area contributed by atoms with Crippen LogP contribution in [0.2, 0.25) is 0 Å². The molecule has 0 aromatic heterocycles. The van der Waals surface area contributed by atoms with E-state index in [4.69, 9.17) is 18.9 Å². The molecule has 0 aromatic carbocycles. The molecule has 0 radical (unpaired) electrons. The van der Waals surface area contributed by atoms with Crippen molar-refractivity contribution >= 4 is 0 Å². The Bertz CT molecular complexity index is 261. The van der Waals surface area contributed by atoms with Gasteiger partial charge in [0.15, 0.2) is 11.6 Å². The van der Waals surface area contributed by atoms with Crippen molar-refractivity contribution < 1.29 is 18.9 Å². The lowest BCUT2D eigenvalue weighted by atomic mass is 9.94. The quantitative estimate of drug-likeness (QED) is 0.623. The van der Waals surface area contributed by atoms with Gasteiger partial charge in [-0.1, -0.05) is 0 Å². The van der Waals surface area contributed by atoms with E-state index in [1.165, 1.54) is 0 Å². The smallest absolute Gasteiger partial charge is 0.171 e. The molecule has 4 aliphatic rings. The molecule has 90 valence electrons. The van der Waals surface area contributed by atoms with Crippen LogP contribution < -0.4 is 0 Å². The minimum Gasteiger partial charge on any atom is -0.347 e. The average molecular weight is 226 g/mol. The lowest BCUT2D eigenvalue weighted by molar-refractivity contribution is -0.205. The summed E-state index contributed by atoms with van der Waals surface area (Å²) in [7, 11) is 0. The van der Waals surface area contributed by atoms with Gasteiger partial charge in [0.1, 0.15) is 0 Å². The Kier molecular flexibility index (Phi) is 1.96. The molecule has 4 rings (SSSR count). The van der Waals surface area contributed by atoms with Crippen molar-refractivity contribution in [3.63, 3.8) is 0 Å². The van der Waals surface area contributed by atoms with E-state index in [0.29, 0.717) is 11.8 Å². The second-order valence-electron chi connectivity index (χ2n) is 5.31. The summed E-state index contributed by atoms with van der Waals surface area (Å²) in [5, 5.41) is 0. The molecule has 2 heterocycles. The maximum atomic E-state index is 5.88. The molecule has 2 aliphatic heterocycles. The highest BCUT2D eigenvalue weighted by molar-refractivity contribution is 5.05. The molecule has 2 saturated carbocycles. The first-order valence-electron chi connectivity index (χ1n) is 6.41. The Hall–Kier alpha value is -0.160. The third kappa shape index (κ3) is 1.09. The monoisotopic (exact) mass is 226 g/mol. The second-order valence-corrected chi connectivity index (χ2v) is 5.31. The minimum atomic E-state index is -0.288. The summed E-state index contributed by atoms with van der Waals surface area (Å²) < 4.78 is 23.5. The molecule has 0 bridgehead atoms. The normalized spacial score (nSPS) is 43.5. The molecule has 0 unspecified atom stereocenters. The molecule has 2 aliphatic carbocycles. The summed E-state index contributed by atoms with van der Waals surface area (Å²) >= 11 is 0. The Labute approximate surface area is 95.2 Å². The first-order valence-corrected chi connectivity index (χ1v) is 6.41. The highest BCUT2D eigenvalue weighted by Crippen LogP contribution is 2.59. The molecule has 4 nitrogen and oxygen atoms in total. The van der Waals surface area contributed by atoms with Gasteiger partial charge in [-0.25, -0.2) is 0 Å². The van der Waals surface area contributed by atoms with Crippen LogP contribution in [0.5, 0.6) is 0 Å². The fourth-order valence-corrected chi connectivity index (χ4v) is 4.20. The average Bonchev–Trinajstić information content (AvgIpc) is 3.02. The summed E-state index contributed by atoms with van der Waals surface area (Å²) in [6.07, 6.45) is 4.25. The van der Waals surface area contributed by atoms with Crippen molar-refractivity contribution in [1.82, 2.24) is 0 Å². The topological polar surface area (TPSA) is 36.9 Å². The Morgan fingerprint density at radius 2 is 1.00 bits per heavy atom. The second kappa shape index (κ2) is 3.19. The van der Waals surface area contributed by atoms with Crippen molar-refractivity contribution in [2.75, 3.05) is 26.4 Å². The van der Waals surface area contributed by atoms with E-state index in [1.54, 1.807) is 0 Å². The standard InChI is InChI=1S/C12H18O4/c1-3-11(13-5-6-14-11)10-2-4-12(9(1)10)15-7-8-16-12/h9-10H,1-8H2/t9-,10-/m1/s1. The summed E-state index contributed by atoms with van der Waals surface area (Å²) in [4.78, 5) is 0. The van der Waals surface area contributed by atoms with E-state index in [1.807, 2.05) is 0 Å². The van der Waals surface area contributed by atoms with Crippen molar-refractivity contribution in [1.29, 1.82) is 0 Å². The van der Waals surface area contributed by atoms with Crippen molar-refractivity contribution in [3.05, 3.63) is 0 Å². The van der Waals surface area contributed by atoms with Gasteiger partial charge < -0.3 is 18.9 Å². The molecule has 0 aromatic rings. The van der Waals surface area contributed by atoms with Crippen LogP contribution in [0.15, 0.2) is 0 Å². The Morgan fingerprint density at radius 3 is 1.38 bits per heavy atom. The van der Waals surface area contributed by atoms with Gasteiger partial charge >= 0.3 is 0 Å². The third-order valence-electron chi connectivity index (χ3n) is 4.78. The Morgan fingerprint density at radius 1 is 0.625 bits per heavy atom. The summed E-state index contributed by atoms with van der Waals surface area (Å²) in [6, 6.07) is 0. The highest BCUT2D eigenvalue weighted by atomic mass is 16.8. The summed E-state index contributed by atoms with van der Waals surface area (Å²) in [5.41, 5.74) is 0. The van der Waals surface area contributed by atoms with Gasteiger partial charge in [0, 0.05) is 24.7 Å². The van der Waals surface area contributed by atoms with Crippen molar-refractivity contribution in [2.24, 2.45) is 11.8 Å². The zero-order valence-electron chi connectivity index (χ0n) is 9.44. The zero-order valence-corrected chi connectivity index (χ0v) is 9.44. The molecule has 2 spiro atoms. The number of rotatable bonds is 0. The van der Waals surface area contributed by atoms with Crippen LogP contribution in [-0.4, -0.2) is 38.0 Å². The maximum absolute atomic E-state index is 5.88. The first-order chi connectivity index (χ1) is 7.85. The van der Waals surface area contributed by atoms with E-state index < -0.39 is 0 Å². The molecule has 0 amide bonds. The van der Waals surface area contributed by atoms with Crippen LogP contribution in [0.3, 0.4) is 0 Å². The summed E-state index contributed by atoms with van der Waals surface area (Å²) in [6.45, 7) is 2.99. The van der Waals surface area contributed by atoms with Crippen molar-refractivity contribution in [2.45, 2.75) is 37.3 Å². The van der Waals surface area contributed by atoms with Crippen LogP contribution in [-0.2, 0) is 18.9 Å². The molecular weight excluding hydrogens is 208 g/mol. The molecule has 0 N–H and O–H groups in total. The van der Waals surface area contributed by atoms with Crippen LogP contribution in [0.4, 0.5) is 0 Å². The number of hydrogen-bond donors (Lipinski definition) is 0. The van der Waals surface area contributed by atoms with Gasteiger partial charge in [0.25, 0.3) is 0 Å². The number of fused-ring (bicyclic) bond motifs is 3. The molecular formula is C12H18O4. The lowest BCUT2D eigenvalue weighted by Gasteiger charge is -2.31. The zero-order chi connectivity index (χ0) is 10.6. The predicted molar refractivity (Wildman–Crippen MR) is 54.7 cm³/mol. The van der Waals surface area contributed by atoms with Crippen LogP contribution in [0.25, 0.3) is 0 Å². The van der Waals surface area contributed by atoms with Gasteiger partial charge in [0.2, 0.25) is 0 Å². The molecule has 4 heteroatoms. The molecule has 2 atom stereocenters. The predicted octanol–water partition coefficient (Wildman–Crippen LogP) is 1.29. The first kappa shape index (κ1) is 9.83. The molecule has 2 saturated heterocycles.